The lowest BCUT2D eigenvalue weighted by Crippen LogP contribution is -2.31. The Kier molecular flexibility index (Phi) is 5.51. The van der Waals surface area contributed by atoms with E-state index in [2.05, 4.69) is 31.8 Å². The first-order chi connectivity index (χ1) is 16.4. The molecule has 0 unspecified atom stereocenters. The van der Waals surface area contributed by atoms with Gasteiger partial charge in [0.25, 0.3) is 6.43 Å². The molecule has 3 heterocycles. The minimum atomic E-state index is -2.53. The molecule has 3 aromatic heterocycles. The number of methoxy groups -OCH3 is 1. The summed E-state index contributed by atoms with van der Waals surface area (Å²) in [6.45, 7) is 1.48. The highest BCUT2D eigenvalue weighted by Gasteiger charge is 2.31. The summed E-state index contributed by atoms with van der Waals surface area (Å²) in [5.74, 6) is 0.848. The van der Waals surface area contributed by atoms with Gasteiger partial charge in [0.2, 0.25) is 11.8 Å². The first kappa shape index (κ1) is 22.0. The van der Waals surface area contributed by atoms with Crippen LogP contribution in [0.15, 0.2) is 30.5 Å². The molecular formula is C23H24F2N8O. The summed E-state index contributed by atoms with van der Waals surface area (Å²) in [6, 6.07) is 9.89. The van der Waals surface area contributed by atoms with Gasteiger partial charge in [0.15, 0.2) is 0 Å². The average molecular weight is 466 g/mol. The number of nitriles is 1. The molecule has 4 aromatic rings. The molecule has 34 heavy (non-hydrogen) atoms. The van der Waals surface area contributed by atoms with Gasteiger partial charge in [0.05, 0.1) is 24.1 Å². The molecule has 0 atom stereocenters. The van der Waals surface area contributed by atoms with Gasteiger partial charge in [-0.3, -0.25) is 0 Å². The average Bonchev–Trinajstić information content (AvgIpc) is 3.44. The van der Waals surface area contributed by atoms with Crippen LogP contribution in [0.5, 0.6) is 5.88 Å². The van der Waals surface area contributed by atoms with E-state index < -0.39 is 13.0 Å². The molecule has 1 aliphatic carbocycles. The maximum absolute atomic E-state index is 12.9. The molecule has 176 valence electrons. The van der Waals surface area contributed by atoms with Crippen molar-refractivity contribution in [3.8, 4) is 23.1 Å². The van der Waals surface area contributed by atoms with Gasteiger partial charge >= 0.3 is 0 Å². The standard InChI is InChI=1S/C23H24F2N8O/c1-23(13-26)8-5-15(6-9-23)27-22-28-21(34-2)20-16(7-10-32(20)30-22)14-3-4-17-18(11-14)33(31-29-17)12-19(24)25/h3-4,7,10-11,15,19H,5-6,8-9,12H2,1-2H3,(H,27,30). The molecule has 11 heteroatoms. The number of benzene rings is 1. The number of ether oxygens (including phenoxy) is 1. The second-order valence-corrected chi connectivity index (χ2v) is 8.92. The monoisotopic (exact) mass is 466 g/mol. The Morgan fingerprint density at radius 2 is 2.09 bits per heavy atom. The van der Waals surface area contributed by atoms with Crippen LogP contribution in [0.3, 0.4) is 0 Å². The van der Waals surface area contributed by atoms with Gasteiger partial charge in [-0.25, -0.2) is 18.0 Å². The number of alkyl halides is 2. The highest BCUT2D eigenvalue weighted by Crippen LogP contribution is 2.37. The van der Waals surface area contributed by atoms with Crippen LogP contribution in [-0.4, -0.2) is 49.2 Å². The third-order valence-corrected chi connectivity index (χ3v) is 6.50. The first-order valence-electron chi connectivity index (χ1n) is 11.1. The zero-order valence-electron chi connectivity index (χ0n) is 18.9. The van der Waals surface area contributed by atoms with Gasteiger partial charge in [-0.1, -0.05) is 11.3 Å². The molecule has 9 nitrogen and oxygen atoms in total. The molecule has 1 saturated carbocycles. The summed E-state index contributed by atoms with van der Waals surface area (Å²) in [5.41, 5.74) is 3.06. The number of nitrogens with one attached hydrogen (secondary N) is 1. The molecule has 0 saturated heterocycles. The maximum atomic E-state index is 12.9. The fourth-order valence-corrected chi connectivity index (χ4v) is 4.52. The second-order valence-electron chi connectivity index (χ2n) is 8.92. The summed E-state index contributed by atoms with van der Waals surface area (Å²) in [6.07, 6.45) is 2.67. The lowest BCUT2D eigenvalue weighted by Gasteiger charge is -2.32. The highest BCUT2D eigenvalue weighted by molar-refractivity contribution is 5.89. The van der Waals surface area contributed by atoms with Gasteiger partial charge in [0.1, 0.15) is 17.6 Å². The molecular weight excluding hydrogens is 442 g/mol. The van der Waals surface area contributed by atoms with Crippen LogP contribution in [-0.2, 0) is 6.54 Å². The van der Waals surface area contributed by atoms with Gasteiger partial charge in [-0.2, -0.15) is 10.2 Å². The summed E-state index contributed by atoms with van der Waals surface area (Å²) < 4.78 is 34.3. The van der Waals surface area contributed by atoms with Crippen molar-refractivity contribution in [2.45, 2.75) is 51.6 Å². The number of rotatable bonds is 6. The minimum Gasteiger partial charge on any atom is -0.479 e. The number of nitrogens with zero attached hydrogens (tertiary/aromatic N) is 7. The molecule has 1 aromatic carbocycles. The number of anilines is 1. The number of fused-ring (bicyclic) bond motifs is 2. The lowest BCUT2D eigenvalue weighted by molar-refractivity contribution is 0.122. The molecule has 0 amide bonds. The van der Waals surface area contributed by atoms with Crippen molar-refractivity contribution in [1.82, 2.24) is 29.6 Å². The molecule has 0 spiro atoms. The fraction of sp³-hybridized carbons (Fsp3) is 0.435. The van der Waals surface area contributed by atoms with Crippen LogP contribution in [0.25, 0.3) is 27.7 Å². The van der Waals surface area contributed by atoms with E-state index in [-0.39, 0.29) is 11.5 Å². The summed E-state index contributed by atoms with van der Waals surface area (Å²) >= 11 is 0. The SMILES string of the molecule is COc1nc(NC2CCC(C)(C#N)CC2)nn2ccc(-c3ccc4nnn(CC(F)F)c4c3)c12. The number of hydrogen-bond acceptors (Lipinski definition) is 7. The first-order valence-corrected chi connectivity index (χ1v) is 11.1. The number of halogens is 2. The quantitative estimate of drug-likeness (QED) is 0.452. The molecule has 0 radical (unpaired) electrons. The van der Waals surface area contributed by atoms with Crippen molar-refractivity contribution in [3.63, 3.8) is 0 Å². The van der Waals surface area contributed by atoms with Gasteiger partial charge in [-0.05, 0) is 56.4 Å². The van der Waals surface area contributed by atoms with Crippen molar-refractivity contribution < 1.29 is 13.5 Å². The van der Waals surface area contributed by atoms with Crippen LogP contribution in [0.2, 0.25) is 0 Å². The van der Waals surface area contributed by atoms with E-state index in [1.807, 2.05) is 25.3 Å². The third-order valence-electron chi connectivity index (χ3n) is 6.50. The topological polar surface area (TPSA) is 106 Å². The van der Waals surface area contributed by atoms with Crippen LogP contribution >= 0.6 is 0 Å². The van der Waals surface area contributed by atoms with Crippen LogP contribution < -0.4 is 10.1 Å². The Morgan fingerprint density at radius 1 is 1.29 bits per heavy atom. The van der Waals surface area contributed by atoms with Crippen molar-refractivity contribution in [1.29, 1.82) is 5.26 Å². The van der Waals surface area contributed by atoms with Gasteiger partial charge in [0, 0.05) is 17.8 Å². The van der Waals surface area contributed by atoms with E-state index in [1.54, 1.807) is 23.8 Å². The van der Waals surface area contributed by atoms with Crippen LogP contribution in [0.4, 0.5) is 14.7 Å². The Bertz CT molecular complexity index is 1380. The van der Waals surface area contributed by atoms with Crippen molar-refractivity contribution in [2.24, 2.45) is 5.41 Å². The van der Waals surface area contributed by atoms with Crippen LogP contribution in [0, 0.1) is 16.7 Å². The zero-order valence-corrected chi connectivity index (χ0v) is 18.9. The lowest BCUT2D eigenvalue weighted by atomic mass is 9.75. The van der Waals surface area contributed by atoms with Crippen molar-refractivity contribution in [3.05, 3.63) is 30.5 Å². The Hall–Kier alpha value is -3.81. The van der Waals surface area contributed by atoms with Gasteiger partial charge < -0.3 is 10.1 Å². The van der Waals surface area contributed by atoms with E-state index in [0.717, 1.165) is 36.8 Å². The molecule has 1 N–H and O–H groups in total. The third kappa shape index (κ3) is 4.00. The van der Waals surface area contributed by atoms with Crippen molar-refractivity contribution >= 4 is 22.5 Å². The zero-order chi connectivity index (χ0) is 23.9. The van der Waals surface area contributed by atoms with Crippen LogP contribution in [0.1, 0.15) is 32.6 Å². The van der Waals surface area contributed by atoms with Gasteiger partial charge in [-0.15, -0.1) is 10.2 Å². The summed E-state index contributed by atoms with van der Waals surface area (Å²) in [4.78, 5) is 4.58. The fourth-order valence-electron chi connectivity index (χ4n) is 4.52. The second kappa shape index (κ2) is 8.52. The minimum absolute atomic E-state index is 0.184. The van der Waals surface area contributed by atoms with E-state index in [0.29, 0.717) is 28.4 Å². The number of aromatic nitrogens is 6. The molecule has 0 aliphatic heterocycles. The molecule has 5 rings (SSSR count). The molecule has 1 fully saturated rings. The summed E-state index contributed by atoms with van der Waals surface area (Å²) in [7, 11) is 1.55. The van der Waals surface area contributed by atoms with Crippen molar-refractivity contribution in [2.75, 3.05) is 12.4 Å². The van der Waals surface area contributed by atoms with E-state index in [4.69, 9.17) is 4.74 Å². The van der Waals surface area contributed by atoms with E-state index in [9.17, 15) is 14.0 Å². The smallest absolute Gasteiger partial charge is 0.258 e. The molecule has 0 bridgehead atoms. The summed E-state index contributed by atoms with van der Waals surface area (Å²) in [5, 5.41) is 25.2. The Morgan fingerprint density at radius 3 is 2.79 bits per heavy atom. The maximum Gasteiger partial charge on any atom is 0.258 e. The number of hydrogen-bond donors (Lipinski definition) is 1. The predicted octanol–water partition coefficient (Wildman–Crippen LogP) is 4.30. The van der Waals surface area contributed by atoms with E-state index >= 15 is 0 Å². The van der Waals surface area contributed by atoms with E-state index in [1.165, 1.54) is 4.68 Å². The Labute approximate surface area is 194 Å². The highest BCUT2D eigenvalue weighted by atomic mass is 19.3. The normalized spacial score (nSPS) is 20.6. The largest absolute Gasteiger partial charge is 0.479 e. The Balaban J connectivity index is 1.47. The predicted molar refractivity (Wildman–Crippen MR) is 122 cm³/mol. The molecule has 1 aliphatic rings.